The van der Waals surface area contributed by atoms with Gasteiger partial charge in [0.1, 0.15) is 23.9 Å². The number of carbonyl (C=O) groups is 1. The molecule has 0 bridgehead atoms. The summed E-state index contributed by atoms with van der Waals surface area (Å²) in [5.41, 5.74) is 1.83. The van der Waals surface area contributed by atoms with Crippen LogP contribution >= 0.6 is 0 Å². The number of H-pyrrole nitrogens is 1. The number of aromatic amines is 1. The second kappa shape index (κ2) is 8.24. The summed E-state index contributed by atoms with van der Waals surface area (Å²) in [5, 5.41) is 9.72. The van der Waals surface area contributed by atoms with Crippen LogP contribution in [0.3, 0.4) is 0 Å². The van der Waals surface area contributed by atoms with E-state index in [9.17, 15) is 9.18 Å². The zero-order valence-electron chi connectivity index (χ0n) is 14.3. The van der Waals surface area contributed by atoms with Crippen LogP contribution in [0.2, 0.25) is 0 Å². The van der Waals surface area contributed by atoms with Crippen molar-refractivity contribution in [3.8, 4) is 5.75 Å². The third kappa shape index (κ3) is 4.44. The number of halogens is 1. The molecule has 0 aliphatic heterocycles. The number of benzene rings is 1. The molecule has 0 spiro atoms. The van der Waals surface area contributed by atoms with Crippen molar-refractivity contribution < 1.29 is 13.9 Å². The van der Waals surface area contributed by atoms with Crippen LogP contribution in [0.4, 0.5) is 4.39 Å². The highest BCUT2D eigenvalue weighted by Crippen LogP contribution is 2.16. The molecule has 1 amide bonds. The Morgan fingerprint density at radius 1 is 1.31 bits per heavy atom. The number of carbonyl (C=O) groups excluding carboxylic acids is 1. The largest absolute Gasteiger partial charge is 0.487 e. The lowest BCUT2D eigenvalue weighted by molar-refractivity contribution is 0.0930. The number of pyridine rings is 1. The molecule has 0 aliphatic rings. The Labute approximate surface area is 150 Å². The summed E-state index contributed by atoms with van der Waals surface area (Å²) in [5.74, 6) is -0.240. The van der Waals surface area contributed by atoms with E-state index in [1.807, 2.05) is 19.1 Å². The Bertz CT molecular complexity index is 867. The van der Waals surface area contributed by atoms with E-state index < -0.39 is 0 Å². The first kappa shape index (κ1) is 17.6. The summed E-state index contributed by atoms with van der Waals surface area (Å²) >= 11 is 0. The Kier molecular flexibility index (Phi) is 5.58. The van der Waals surface area contributed by atoms with E-state index in [-0.39, 0.29) is 30.1 Å². The van der Waals surface area contributed by atoms with E-state index in [1.54, 1.807) is 30.6 Å². The van der Waals surface area contributed by atoms with Gasteiger partial charge in [-0.05, 0) is 36.2 Å². The Morgan fingerprint density at radius 3 is 2.92 bits per heavy atom. The number of hydrogen-bond donors (Lipinski definition) is 2. The maximum absolute atomic E-state index is 13.1. The molecule has 0 unspecified atom stereocenters. The van der Waals surface area contributed by atoms with Gasteiger partial charge in [0.15, 0.2) is 0 Å². The number of rotatable bonds is 7. The van der Waals surface area contributed by atoms with Crippen LogP contribution in [0, 0.1) is 5.82 Å². The average molecular weight is 354 g/mol. The van der Waals surface area contributed by atoms with Crippen LogP contribution in [0.15, 0.2) is 54.9 Å². The van der Waals surface area contributed by atoms with Gasteiger partial charge in [-0.3, -0.25) is 14.9 Å². The smallest absolute Gasteiger partial charge is 0.272 e. The summed E-state index contributed by atoms with van der Waals surface area (Å²) in [6.45, 7) is 2.14. The molecule has 0 aliphatic carbocycles. The van der Waals surface area contributed by atoms with Crippen molar-refractivity contribution in [1.29, 1.82) is 0 Å². The summed E-state index contributed by atoms with van der Waals surface area (Å²) in [7, 11) is 0. The normalized spacial score (nSPS) is 11.8. The third-order valence-corrected chi connectivity index (χ3v) is 3.85. The number of nitrogens with one attached hydrogen (secondary N) is 2. The minimum absolute atomic E-state index is 0.139. The minimum atomic E-state index is -0.367. The molecule has 0 saturated carbocycles. The van der Waals surface area contributed by atoms with E-state index in [0.29, 0.717) is 11.4 Å². The number of amides is 1. The lowest BCUT2D eigenvalue weighted by Crippen LogP contribution is -2.28. The highest BCUT2D eigenvalue weighted by atomic mass is 19.1. The highest BCUT2D eigenvalue weighted by Gasteiger charge is 2.16. The summed E-state index contributed by atoms with van der Waals surface area (Å²) in [4.78, 5) is 16.5. The highest BCUT2D eigenvalue weighted by molar-refractivity contribution is 5.92. The number of hydrogen-bond acceptors (Lipinski definition) is 4. The molecule has 2 heterocycles. The fourth-order valence-corrected chi connectivity index (χ4v) is 2.51. The standard InChI is InChI=1S/C19H19FN4O2/c1-2-17(13-5-4-8-21-11-13)22-19(25)18-10-15(23-24-18)12-26-16-7-3-6-14(20)9-16/h3-11,17H,2,12H2,1H3,(H,22,25)(H,23,24)/t17-/m1/s1. The van der Waals surface area contributed by atoms with Gasteiger partial charge in [-0.1, -0.05) is 19.1 Å². The molecule has 1 atom stereocenters. The molecule has 3 rings (SSSR count). The molecule has 6 nitrogen and oxygen atoms in total. The minimum Gasteiger partial charge on any atom is -0.487 e. The third-order valence-electron chi connectivity index (χ3n) is 3.85. The van der Waals surface area contributed by atoms with E-state index in [0.717, 1.165) is 12.0 Å². The van der Waals surface area contributed by atoms with Crippen molar-refractivity contribution in [2.24, 2.45) is 0 Å². The summed E-state index contributed by atoms with van der Waals surface area (Å²) < 4.78 is 18.6. The van der Waals surface area contributed by atoms with Crippen LogP contribution in [-0.4, -0.2) is 21.1 Å². The van der Waals surface area contributed by atoms with Gasteiger partial charge in [-0.15, -0.1) is 0 Å². The Balaban J connectivity index is 1.60. The van der Waals surface area contributed by atoms with E-state index in [4.69, 9.17) is 4.74 Å². The van der Waals surface area contributed by atoms with Gasteiger partial charge in [0.05, 0.1) is 11.7 Å². The van der Waals surface area contributed by atoms with E-state index >= 15 is 0 Å². The SMILES string of the molecule is CC[C@@H](NC(=O)c1cc(COc2cccc(F)c2)[nH]n1)c1cccnc1. The fourth-order valence-electron chi connectivity index (χ4n) is 2.51. The molecule has 0 radical (unpaired) electrons. The number of nitrogens with zero attached hydrogens (tertiary/aromatic N) is 2. The molecule has 3 aromatic rings. The second-order valence-electron chi connectivity index (χ2n) is 5.75. The predicted octanol–water partition coefficient (Wildman–Crippen LogP) is 3.40. The topological polar surface area (TPSA) is 79.9 Å². The van der Waals surface area contributed by atoms with Crippen molar-refractivity contribution >= 4 is 5.91 Å². The summed E-state index contributed by atoms with van der Waals surface area (Å²) in [6.07, 6.45) is 4.16. The van der Waals surface area contributed by atoms with Crippen molar-refractivity contribution in [1.82, 2.24) is 20.5 Å². The quantitative estimate of drug-likeness (QED) is 0.681. The first-order chi connectivity index (χ1) is 12.7. The molecule has 134 valence electrons. The van der Waals surface area contributed by atoms with Gasteiger partial charge in [-0.2, -0.15) is 5.10 Å². The molecular formula is C19H19FN4O2. The molecule has 0 saturated heterocycles. The van der Waals surface area contributed by atoms with Crippen molar-refractivity contribution in [2.75, 3.05) is 0 Å². The van der Waals surface area contributed by atoms with Crippen LogP contribution in [0.5, 0.6) is 5.75 Å². The molecule has 2 aromatic heterocycles. The molecule has 0 fully saturated rings. The van der Waals surface area contributed by atoms with Gasteiger partial charge < -0.3 is 10.1 Å². The summed E-state index contributed by atoms with van der Waals surface area (Å²) in [6, 6.07) is 11.1. The van der Waals surface area contributed by atoms with Crippen LogP contribution in [0.1, 0.15) is 41.1 Å². The van der Waals surface area contributed by atoms with Crippen molar-refractivity contribution in [2.45, 2.75) is 26.0 Å². The average Bonchev–Trinajstić information content (AvgIpc) is 3.14. The maximum Gasteiger partial charge on any atom is 0.272 e. The first-order valence-electron chi connectivity index (χ1n) is 8.29. The van der Waals surface area contributed by atoms with E-state index in [2.05, 4.69) is 20.5 Å². The monoisotopic (exact) mass is 354 g/mol. The molecule has 2 N–H and O–H groups in total. The van der Waals surface area contributed by atoms with Gasteiger partial charge in [0.2, 0.25) is 0 Å². The lowest BCUT2D eigenvalue weighted by Gasteiger charge is -2.16. The van der Waals surface area contributed by atoms with E-state index in [1.165, 1.54) is 12.1 Å². The molecule has 7 heteroatoms. The van der Waals surface area contributed by atoms with Crippen LogP contribution < -0.4 is 10.1 Å². The number of ether oxygens (including phenoxy) is 1. The number of aromatic nitrogens is 3. The Hall–Kier alpha value is -3.22. The van der Waals surface area contributed by atoms with Gasteiger partial charge in [0, 0.05) is 18.5 Å². The van der Waals surface area contributed by atoms with Crippen LogP contribution in [0.25, 0.3) is 0 Å². The predicted molar refractivity (Wildman–Crippen MR) is 94.1 cm³/mol. The van der Waals surface area contributed by atoms with Crippen LogP contribution in [-0.2, 0) is 6.61 Å². The molecule has 1 aromatic carbocycles. The Morgan fingerprint density at radius 2 is 2.19 bits per heavy atom. The van der Waals surface area contributed by atoms with Crippen molar-refractivity contribution in [3.63, 3.8) is 0 Å². The van der Waals surface area contributed by atoms with Gasteiger partial charge in [-0.25, -0.2) is 4.39 Å². The molecule has 26 heavy (non-hydrogen) atoms. The fraction of sp³-hybridized carbons (Fsp3) is 0.211. The van der Waals surface area contributed by atoms with Crippen molar-refractivity contribution in [3.05, 3.63) is 77.6 Å². The lowest BCUT2D eigenvalue weighted by atomic mass is 10.1. The van der Waals surface area contributed by atoms with Gasteiger partial charge >= 0.3 is 0 Å². The zero-order chi connectivity index (χ0) is 18.4. The van der Waals surface area contributed by atoms with Gasteiger partial charge in [0.25, 0.3) is 5.91 Å². The maximum atomic E-state index is 13.1. The molecular weight excluding hydrogens is 335 g/mol. The first-order valence-corrected chi connectivity index (χ1v) is 8.29. The zero-order valence-corrected chi connectivity index (χ0v) is 14.3. The second-order valence-corrected chi connectivity index (χ2v) is 5.75.